The summed E-state index contributed by atoms with van der Waals surface area (Å²) >= 11 is 0. The van der Waals surface area contributed by atoms with Crippen molar-refractivity contribution in [2.75, 3.05) is 19.3 Å². The van der Waals surface area contributed by atoms with Crippen molar-refractivity contribution in [2.24, 2.45) is 11.7 Å². The monoisotopic (exact) mass is 413 g/mol. The number of aromatic nitrogens is 2. The molecule has 0 saturated heterocycles. The van der Waals surface area contributed by atoms with Gasteiger partial charge in [-0.1, -0.05) is 30.3 Å². The number of carbonyl (C=O) groups is 2. The van der Waals surface area contributed by atoms with Gasteiger partial charge in [-0.05, 0) is 37.7 Å². The highest BCUT2D eigenvalue weighted by molar-refractivity contribution is 6.03. The first-order chi connectivity index (χ1) is 14.4. The van der Waals surface area contributed by atoms with Gasteiger partial charge < -0.3 is 21.5 Å². The SMILES string of the molecule is C=CC.CN(C=O)CCC1CC(n2nc(-c3ccc(CO)cc3)c(C(N)=O)c2N)C1. The molecule has 1 aliphatic rings. The van der Waals surface area contributed by atoms with Crippen LogP contribution in [0.25, 0.3) is 11.3 Å². The molecule has 2 aromatic rings. The van der Waals surface area contributed by atoms with E-state index in [1.54, 1.807) is 47.0 Å². The molecule has 1 saturated carbocycles. The zero-order valence-electron chi connectivity index (χ0n) is 17.6. The largest absolute Gasteiger partial charge is 0.392 e. The van der Waals surface area contributed by atoms with Crippen molar-refractivity contribution in [3.8, 4) is 11.3 Å². The molecule has 0 aliphatic heterocycles. The van der Waals surface area contributed by atoms with Crippen LogP contribution in [0.1, 0.15) is 48.1 Å². The van der Waals surface area contributed by atoms with Crippen molar-refractivity contribution in [2.45, 2.75) is 38.8 Å². The predicted molar refractivity (Wildman–Crippen MR) is 117 cm³/mol. The van der Waals surface area contributed by atoms with Crippen LogP contribution in [0, 0.1) is 5.92 Å². The van der Waals surface area contributed by atoms with E-state index < -0.39 is 5.91 Å². The second-order valence-corrected chi connectivity index (χ2v) is 7.55. The Hall–Kier alpha value is -3.13. The molecule has 1 aliphatic carbocycles. The molecule has 1 heterocycles. The highest BCUT2D eigenvalue weighted by Gasteiger charge is 2.34. The van der Waals surface area contributed by atoms with Crippen molar-refractivity contribution in [3.63, 3.8) is 0 Å². The predicted octanol–water partition coefficient (Wildman–Crippen LogP) is 2.35. The van der Waals surface area contributed by atoms with Gasteiger partial charge in [-0.3, -0.25) is 9.59 Å². The lowest BCUT2D eigenvalue weighted by Crippen LogP contribution is -2.31. The Morgan fingerprint density at radius 1 is 1.37 bits per heavy atom. The van der Waals surface area contributed by atoms with Crippen LogP contribution in [0.5, 0.6) is 0 Å². The zero-order chi connectivity index (χ0) is 22.3. The number of nitrogens with two attached hydrogens (primary N) is 2. The second kappa shape index (κ2) is 10.6. The summed E-state index contributed by atoms with van der Waals surface area (Å²) in [5, 5.41) is 13.8. The number of hydrogen-bond acceptors (Lipinski definition) is 5. The third-order valence-corrected chi connectivity index (χ3v) is 5.23. The fraction of sp³-hybridized carbons (Fsp3) is 0.409. The summed E-state index contributed by atoms with van der Waals surface area (Å²) in [6.07, 6.45) is 5.32. The van der Waals surface area contributed by atoms with E-state index in [0.717, 1.165) is 43.3 Å². The fourth-order valence-corrected chi connectivity index (χ4v) is 3.51. The lowest BCUT2D eigenvalue weighted by molar-refractivity contribution is -0.117. The van der Waals surface area contributed by atoms with Crippen molar-refractivity contribution < 1.29 is 14.7 Å². The Bertz CT molecular complexity index is 870. The molecule has 8 nitrogen and oxygen atoms in total. The number of carbonyl (C=O) groups excluding carboxylic acids is 2. The van der Waals surface area contributed by atoms with Gasteiger partial charge in [0.25, 0.3) is 5.91 Å². The van der Waals surface area contributed by atoms with Crippen LogP contribution >= 0.6 is 0 Å². The number of benzene rings is 1. The van der Waals surface area contributed by atoms with E-state index in [1.165, 1.54) is 0 Å². The van der Waals surface area contributed by atoms with Crippen LogP contribution in [0.15, 0.2) is 36.9 Å². The van der Waals surface area contributed by atoms with Crippen LogP contribution in [0.4, 0.5) is 5.82 Å². The number of primary amides is 1. The van der Waals surface area contributed by atoms with Crippen LogP contribution in [0.3, 0.4) is 0 Å². The zero-order valence-corrected chi connectivity index (χ0v) is 17.6. The maximum atomic E-state index is 12.0. The molecule has 0 bridgehead atoms. The second-order valence-electron chi connectivity index (χ2n) is 7.55. The summed E-state index contributed by atoms with van der Waals surface area (Å²) in [5.41, 5.74) is 14.0. The Morgan fingerprint density at radius 3 is 2.47 bits per heavy atom. The standard InChI is InChI=1S/C19H25N5O3.C3H6/c1-23(11-26)7-6-13-8-15(9-13)24-18(20)16(19(21)27)17(22-24)14-4-2-12(10-25)3-5-14;1-3-2/h2-5,11,13,15,25H,6-10,20H2,1H3,(H2,21,27);3H,1H2,2H3. The van der Waals surface area contributed by atoms with Gasteiger partial charge in [0, 0.05) is 19.2 Å². The molecule has 5 N–H and O–H groups in total. The normalized spacial score (nSPS) is 17.3. The number of allylic oxidation sites excluding steroid dienone is 1. The number of amides is 2. The smallest absolute Gasteiger partial charge is 0.254 e. The summed E-state index contributed by atoms with van der Waals surface area (Å²) in [7, 11) is 1.77. The molecule has 8 heteroatoms. The van der Waals surface area contributed by atoms with Crippen molar-refractivity contribution in [3.05, 3.63) is 48.0 Å². The molecule has 162 valence electrons. The highest BCUT2D eigenvalue weighted by Crippen LogP contribution is 2.42. The lowest BCUT2D eigenvalue weighted by atomic mass is 9.78. The van der Waals surface area contributed by atoms with Gasteiger partial charge in [0.15, 0.2) is 0 Å². The van der Waals surface area contributed by atoms with E-state index in [1.807, 2.05) is 6.92 Å². The number of hydrogen-bond donors (Lipinski definition) is 3. The first kappa shape index (κ1) is 23.2. The van der Waals surface area contributed by atoms with E-state index >= 15 is 0 Å². The summed E-state index contributed by atoms with van der Waals surface area (Å²) in [6.45, 7) is 5.92. The molecular weight excluding hydrogens is 382 g/mol. The Kier molecular flexibility index (Phi) is 8.17. The molecule has 1 fully saturated rings. The van der Waals surface area contributed by atoms with Crippen LogP contribution < -0.4 is 11.5 Å². The van der Waals surface area contributed by atoms with Gasteiger partial charge in [0.1, 0.15) is 17.1 Å². The maximum Gasteiger partial charge on any atom is 0.254 e. The topological polar surface area (TPSA) is 127 Å². The summed E-state index contributed by atoms with van der Waals surface area (Å²) in [4.78, 5) is 24.3. The third-order valence-electron chi connectivity index (χ3n) is 5.23. The molecule has 0 radical (unpaired) electrons. The first-order valence-corrected chi connectivity index (χ1v) is 9.96. The Balaban J connectivity index is 0.00000101. The molecule has 0 atom stereocenters. The van der Waals surface area contributed by atoms with E-state index in [0.29, 0.717) is 11.6 Å². The molecule has 3 rings (SSSR count). The summed E-state index contributed by atoms with van der Waals surface area (Å²) < 4.78 is 1.70. The first-order valence-electron chi connectivity index (χ1n) is 9.96. The minimum atomic E-state index is -0.608. The number of aliphatic hydroxyl groups excluding tert-OH is 1. The molecule has 30 heavy (non-hydrogen) atoms. The number of aliphatic hydroxyl groups is 1. The number of nitrogens with zero attached hydrogens (tertiary/aromatic N) is 3. The van der Waals surface area contributed by atoms with E-state index in [-0.39, 0.29) is 24.0 Å². The Labute approximate surface area is 177 Å². The quantitative estimate of drug-likeness (QED) is 0.452. The van der Waals surface area contributed by atoms with Gasteiger partial charge >= 0.3 is 0 Å². The van der Waals surface area contributed by atoms with Gasteiger partial charge in [-0.25, -0.2) is 4.68 Å². The van der Waals surface area contributed by atoms with Crippen molar-refractivity contribution >= 4 is 18.1 Å². The molecule has 1 aromatic carbocycles. The highest BCUT2D eigenvalue weighted by atomic mass is 16.3. The molecule has 0 spiro atoms. The lowest BCUT2D eigenvalue weighted by Gasteiger charge is -2.36. The van der Waals surface area contributed by atoms with Crippen molar-refractivity contribution in [1.82, 2.24) is 14.7 Å². The van der Waals surface area contributed by atoms with Gasteiger partial charge in [-0.2, -0.15) is 5.10 Å². The van der Waals surface area contributed by atoms with Crippen molar-refractivity contribution in [1.29, 1.82) is 0 Å². The molecule has 0 unspecified atom stereocenters. The van der Waals surface area contributed by atoms with Gasteiger partial charge in [0.2, 0.25) is 6.41 Å². The Morgan fingerprint density at radius 2 is 1.97 bits per heavy atom. The number of anilines is 1. The van der Waals surface area contributed by atoms with Crippen LogP contribution in [-0.4, -0.2) is 45.7 Å². The minimum Gasteiger partial charge on any atom is -0.392 e. The minimum absolute atomic E-state index is 0.0533. The summed E-state index contributed by atoms with van der Waals surface area (Å²) in [5.74, 6) is 0.186. The summed E-state index contributed by atoms with van der Waals surface area (Å²) in [6, 6.07) is 7.27. The average Bonchev–Trinajstić information content (AvgIpc) is 3.04. The van der Waals surface area contributed by atoms with E-state index in [9.17, 15) is 14.7 Å². The average molecular weight is 414 g/mol. The van der Waals surface area contributed by atoms with Crippen LogP contribution in [-0.2, 0) is 11.4 Å². The molecule has 2 amide bonds. The van der Waals surface area contributed by atoms with E-state index in [2.05, 4.69) is 11.7 Å². The number of rotatable bonds is 8. The van der Waals surface area contributed by atoms with Gasteiger partial charge in [0.05, 0.1) is 12.6 Å². The van der Waals surface area contributed by atoms with Gasteiger partial charge in [-0.15, -0.1) is 6.58 Å². The fourth-order valence-electron chi connectivity index (χ4n) is 3.51. The van der Waals surface area contributed by atoms with Crippen LogP contribution in [0.2, 0.25) is 0 Å². The van der Waals surface area contributed by atoms with E-state index in [4.69, 9.17) is 11.5 Å². The third kappa shape index (κ3) is 5.27. The molecule has 1 aromatic heterocycles. The maximum absolute atomic E-state index is 12.0. The molecular formula is C22H31N5O3. The number of nitrogen functional groups attached to an aromatic ring is 1.